The van der Waals surface area contributed by atoms with Crippen molar-refractivity contribution in [3.8, 4) is 0 Å². The van der Waals surface area contributed by atoms with E-state index in [2.05, 4.69) is 33.8 Å². The highest BCUT2D eigenvalue weighted by Crippen LogP contribution is 2.30. The highest BCUT2D eigenvalue weighted by molar-refractivity contribution is 8.00. The molecule has 0 fully saturated rings. The van der Waals surface area contributed by atoms with Gasteiger partial charge < -0.3 is 5.11 Å². The molecule has 0 aromatic heterocycles. The molecular weight excluding hydrogens is 192 g/mol. The second-order valence-electron chi connectivity index (χ2n) is 4.28. The molecule has 0 aliphatic rings. The van der Waals surface area contributed by atoms with Gasteiger partial charge in [-0.2, -0.15) is 11.8 Å². The van der Waals surface area contributed by atoms with Gasteiger partial charge in [0.2, 0.25) is 0 Å². The minimum Gasteiger partial charge on any atom is -0.395 e. The fourth-order valence-electron chi connectivity index (χ4n) is 1.21. The van der Waals surface area contributed by atoms with Gasteiger partial charge in [-0.1, -0.05) is 18.6 Å². The molecule has 0 aromatic rings. The molecule has 0 rings (SSSR count). The maximum Gasteiger partial charge on any atom is 0.0575 e. The minimum atomic E-state index is 0.0575. The van der Waals surface area contributed by atoms with Crippen LogP contribution in [0.4, 0.5) is 0 Å². The maximum absolute atomic E-state index is 9.34. The summed E-state index contributed by atoms with van der Waals surface area (Å²) in [5, 5.41) is 9.34. The second kappa shape index (κ2) is 7.36. The zero-order chi connectivity index (χ0) is 11.0. The van der Waals surface area contributed by atoms with Crippen LogP contribution in [-0.4, -0.2) is 22.2 Å². The van der Waals surface area contributed by atoms with Crippen LogP contribution in [0.25, 0.3) is 0 Å². The average molecular weight is 216 g/mol. The van der Waals surface area contributed by atoms with Gasteiger partial charge in [0.25, 0.3) is 0 Å². The lowest BCUT2D eigenvalue weighted by molar-refractivity contribution is 0.250. The van der Waals surface area contributed by atoms with Crippen LogP contribution in [0, 0.1) is 0 Å². The molecule has 0 spiro atoms. The molecule has 0 heterocycles. The molecule has 0 aliphatic heterocycles. The predicted octanol–water partition coefficient (Wildman–Crippen LogP) is 3.63. The molecule has 1 N–H and O–H groups in total. The summed E-state index contributed by atoms with van der Waals surface area (Å²) in [5.74, 6) is 1.14. The first-order chi connectivity index (χ1) is 6.54. The van der Waals surface area contributed by atoms with E-state index in [1.54, 1.807) is 0 Å². The Morgan fingerprint density at radius 3 is 2.50 bits per heavy atom. The van der Waals surface area contributed by atoms with Crippen LogP contribution in [0.1, 0.15) is 47.0 Å². The molecule has 2 heteroatoms. The number of thioether (sulfide) groups is 1. The van der Waals surface area contributed by atoms with Crippen molar-refractivity contribution in [2.75, 3.05) is 12.4 Å². The Bertz CT molecular complexity index is 173. The van der Waals surface area contributed by atoms with E-state index in [9.17, 15) is 5.11 Å². The highest BCUT2D eigenvalue weighted by Gasteiger charge is 2.22. The lowest BCUT2D eigenvalue weighted by Crippen LogP contribution is -2.25. The van der Waals surface area contributed by atoms with Gasteiger partial charge >= 0.3 is 0 Å². The third kappa shape index (κ3) is 6.50. The van der Waals surface area contributed by atoms with Gasteiger partial charge in [-0.05, 0) is 45.8 Å². The van der Waals surface area contributed by atoms with Gasteiger partial charge in [0, 0.05) is 4.75 Å². The molecule has 14 heavy (non-hydrogen) atoms. The Morgan fingerprint density at radius 2 is 2.07 bits per heavy atom. The summed E-state index contributed by atoms with van der Waals surface area (Å²) >= 11 is 1.90. The first kappa shape index (κ1) is 14.1. The second-order valence-corrected chi connectivity index (χ2v) is 5.96. The molecule has 1 atom stereocenters. The van der Waals surface area contributed by atoms with Crippen LogP contribution >= 0.6 is 11.8 Å². The topological polar surface area (TPSA) is 20.2 Å². The standard InChI is InChI=1S/C12H24OS/c1-5-9-14-12(4,10-13)8-6-7-11(2)3/h7,13H,5-6,8-10H2,1-4H3. The van der Waals surface area contributed by atoms with Crippen molar-refractivity contribution in [3.05, 3.63) is 11.6 Å². The number of aliphatic hydroxyl groups excluding tert-OH is 1. The van der Waals surface area contributed by atoms with Crippen molar-refractivity contribution in [2.24, 2.45) is 0 Å². The Hall–Kier alpha value is 0.0500. The molecule has 1 unspecified atom stereocenters. The van der Waals surface area contributed by atoms with Gasteiger partial charge in [0.05, 0.1) is 6.61 Å². The van der Waals surface area contributed by atoms with Crippen molar-refractivity contribution < 1.29 is 5.11 Å². The molecule has 0 saturated heterocycles. The molecule has 0 bridgehead atoms. The SMILES string of the molecule is CCCSC(C)(CO)CCC=C(C)C. The van der Waals surface area contributed by atoms with Crippen molar-refractivity contribution >= 4 is 11.8 Å². The van der Waals surface area contributed by atoms with Gasteiger partial charge in [-0.3, -0.25) is 0 Å². The molecule has 0 radical (unpaired) electrons. The highest BCUT2D eigenvalue weighted by atomic mass is 32.2. The van der Waals surface area contributed by atoms with Gasteiger partial charge in [0.1, 0.15) is 0 Å². The maximum atomic E-state index is 9.34. The smallest absolute Gasteiger partial charge is 0.0575 e. The van der Waals surface area contributed by atoms with Crippen LogP contribution in [0.15, 0.2) is 11.6 Å². The third-order valence-corrected chi connectivity index (χ3v) is 3.86. The summed E-state index contributed by atoms with van der Waals surface area (Å²) < 4.78 is 0.0575. The van der Waals surface area contributed by atoms with E-state index in [0.717, 1.165) is 18.6 Å². The van der Waals surface area contributed by atoms with Gasteiger partial charge in [0.15, 0.2) is 0 Å². The Morgan fingerprint density at radius 1 is 1.43 bits per heavy atom. The largest absolute Gasteiger partial charge is 0.395 e. The lowest BCUT2D eigenvalue weighted by atomic mass is 10.0. The van der Waals surface area contributed by atoms with E-state index in [-0.39, 0.29) is 11.4 Å². The van der Waals surface area contributed by atoms with E-state index in [0.29, 0.717) is 0 Å². The van der Waals surface area contributed by atoms with Crippen LogP contribution < -0.4 is 0 Å². The van der Waals surface area contributed by atoms with Crippen LogP contribution in [0.3, 0.4) is 0 Å². The Labute approximate surface area is 93.0 Å². The van der Waals surface area contributed by atoms with Gasteiger partial charge in [-0.25, -0.2) is 0 Å². The normalized spacial score (nSPS) is 14.9. The van der Waals surface area contributed by atoms with Crippen molar-refractivity contribution in [1.29, 1.82) is 0 Å². The van der Waals surface area contributed by atoms with Gasteiger partial charge in [-0.15, -0.1) is 0 Å². The summed E-state index contributed by atoms with van der Waals surface area (Å²) in [6.45, 7) is 8.87. The van der Waals surface area contributed by atoms with E-state index < -0.39 is 0 Å². The van der Waals surface area contributed by atoms with Crippen LogP contribution in [0.2, 0.25) is 0 Å². The fourth-order valence-corrected chi connectivity index (χ4v) is 2.26. The lowest BCUT2D eigenvalue weighted by Gasteiger charge is -2.26. The molecule has 0 aromatic carbocycles. The zero-order valence-corrected chi connectivity index (χ0v) is 10.8. The summed E-state index contributed by atoms with van der Waals surface area (Å²) in [4.78, 5) is 0. The zero-order valence-electron chi connectivity index (χ0n) is 9.97. The molecule has 0 amide bonds. The summed E-state index contributed by atoms with van der Waals surface area (Å²) in [6.07, 6.45) is 5.58. The number of allylic oxidation sites excluding steroid dienone is 2. The number of aliphatic hydroxyl groups is 1. The van der Waals surface area contributed by atoms with E-state index in [1.165, 1.54) is 12.0 Å². The van der Waals surface area contributed by atoms with Crippen molar-refractivity contribution in [2.45, 2.75) is 51.7 Å². The molecule has 1 nitrogen and oxygen atoms in total. The molecule has 0 saturated carbocycles. The minimum absolute atomic E-state index is 0.0575. The average Bonchev–Trinajstić information content (AvgIpc) is 2.14. The van der Waals surface area contributed by atoms with E-state index in [4.69, 9.17) is 0 Å². The molecular formula is C12H24OS. The summed E-state index contributed by atoms with van der Waals surface area (Å²) in [7, 11) is 0. The van der Waals surface area contributed by atoms with Crippen molar-refractivity contribution in [3.63, 3.8) is 0 Å². The first-order valence-electron chi connectivity index (χ1n) is 5.42. The third-order valence-electron chi connectivity index (χ3n) is 2.21. The quantitative estimate of drug-likeness (QED) is 0.656. The predicted molar refractivity (Wildman–Crippen MR) is 66.9 cm³/mol. The number of rotatable bonds is 7. The summed E-state index contributed by atoms with van der Waals surface area (Å²) in [5.41, 5.74) is 1.37. The number of hydrogen-bond donors (Lipinski definition) is 1. The van der Waals surface area contributed by atoms with Crippen LogP contribution in [-0.2, 0) is 0 Å². The Kier molecular flexibility index (Phi) is 7.38. The van der Waals surface area contributed by atoms with E-state index >= 15 is 0 Å². The molecule has 0 aliphatic carbocycles. The van der Waals surface area contributed by atoms with Crippen molar-refractivity contribution in [1.82, 2.24) is 0 Å². The summed E-state index contributed by atoms with van der Waals surface area (Å²) in [6, 6.07) is 0. The first-order valence-corrected chi connectivity index (χ1v) is 6.41. The van der Waals surface area contributed by atoms with E-state index in [1.807, 2.05) is 11.8 Å². The number of hydrogen-bond acceptors (Lipinski definition) is 2. The fraction of sp³-hybridized carbons (Fsp3) is 0.833. The monoisotopic (exact) mass is 216 g/mol. The molecule has 84 valence electrons. The Balaban J connectivity index is 3.92. The van der Waals surface area contributed by atoms with Crippen LogP contribution in [0.5, 0.6) is 0 Å².